The first-order valence-corrected chi connectivity index (χ1v) is 8.07. The van der Waals surface area contributed by atoms with E-state index < -0.39 is 0 Å². The third kappa shape index (κ3) is 2.20. The van der Waals surface area contributed by atoms with Crippen molar-refractivity contribution in [1.82, 2.24) is 4.90 Å². The Morgan fingerprint density at radius 2 is 1.82 bits per heavy atom. The standard InChI is InChI=1S/C19H21FN2/c1-14-13-15(7-8-17(14)20)18-9-10-19-21(11-12-22(18)19)16-5-3-2-4-6-16/h2-8,13,18-19H,9-12H2,1H3. The molecule has 0 aliphatic carbocycles. The number of para-hydroxylation sites is 1. The highest BCUT2D eigenvalue weighted by atomic mass is 19.1. The summed E-state index contributed by atoms with van der Waals surface area (Å²) in [7, 11) is 0. The lowest BCUT2D eigenvalue weighted by molar-refractivity contribution is 0.250. The number of benzene rings is 2. The number of aryl methyl sites for hydroxylation is 1. The fourth-order valence-electron chi connectivity index (χ4n) is 4.01. The Hall–Kier alpha value is -1.87. The molecule has 2 aliphatic rings. The lowest BCUT2D eigenvalue weighted by atomic mass is 10.0. The molecule has 2 saturated heterocycles. The number of halogens is 1. The Labute approximate surface area is 131 Å². The van der Waals surface area contributed by atoms with Crippen LogP contribution in [-0.2, 0) is 0 Å². The van der Waals surface area contributed by atoms with Gasteiger partial charge in [0.25, 0.3) is 0 Å². The van der Waals surface area contributed by atoms with Gasteiger partial charge in [-0.3, -0.25) is 4.90 Å². The Bertz CT molecular complexity index is 670. The van der Waals surface area contributed by atoms with Crippen molar-refractivity contribution in [2.75, 3.05) is 18.0 Å². The van der Waals surface area contributed by atoms with Crippen LogP contribution in [0, 0.1) is 12.7 Å². The number of nitrogens with zero attached hydrogens (tertiary/aromatic N) is 2. The van der Waals surface area contributed by atoms with Crippen molar-refractivity contribution < 1.29 is 4.39 Å². The van der Waals surface area contributed by atoms with Crippen molar-refractivity contribution in [2.24, 2.45) is 0 Å². The van der Waals surface area contributed by atoms with Crippen molar-refractivity contribution in [3.63, 3.8) is 0 Å². The average molecular weight is 296 g/mol. The fourth-order valence-corrected chi connectivity index (χ4v) is 4.01. The SMILES string of the molecule is Cc1cc(C2CCC3N(c4ccccc4)CCN23)ccc1F. The molecule has 2 aromatic rings. The second-order valence-electron chi connectivity index (χ2n) is 6.35. The minimum absolute atomic E-state index is 0.106. The Morgan fingerprint density at radius 1 is 1.00 bits per heavy atom. The normalized spacial score (nSPS) is 24.7. The maximum atomic E-state index is 13.5. The topological polar surface area (TPSA) is 6.48 Å². The van der Waals surface area contributed by atoms with E-state index in [1.807, 2.05) is 19.1 Å². The molecule has 0 N–H and O–H groups in total. The van der Waals surface area contributed by atoms with Gasteiger partial charge < -0.3 is 4.90 Å². The van der Waals surface area contributed by atoms with Crippen LogP contribution in [0.1, 0.15) is 30.0 Å². The Morgan fingerprint density at radius 3 is 2.59 bits per heavy atom. The van der Waals surface area contributed by atoms with Crippen LogP contribution in [0.2, 0.25) is 0 Å². The molecular formula is C19H21FN2. The highest BCUT2D eigenvalue weighted by Gasteiger charge is 2.41. The first kappa shape index (κ1) is 13.8. The van der Waals surface area contributed by atoms with Gasteiger partial charge in [-0.15, -0.1) is 0 Å². The van der Waals surface area contributed by atoms with Gasteiger partial charge in [-0.25, -0.2) is 4.39 Å². The maximum absolute atomic E-state index is 13.5. The molecule has 2 atom stereocenters. The summed E-state index contributed by atoms with van der Waals surface area (Å²) in [6.45, 7) is 4.01. The number of anilines is 1. The zero-order valence-corrected chi connectivity index (χ0v) is 12.9. The van der Waals surface area contributed by atoms with Crippen LogP contribution in [0.15, 0.2) is 48.5 Å². The second kappa shape index (κ2) is 5.40. The van der Waals surface area contributed by atoms with E-state index in [1.165, 1.54) is 17.7 Å². The summed E-state index contributed by atoms with van der Waals surface area (Å²) in [5, 5.41) is 0. The molecule has 0 amide bonds. The van der Waals surface area contributed by atoms with Crippen LogP contribution in [0.5, 0.6) is 0 Å². The second-order valence-corrected chi connectivity index (χ2v) is 6.35. The number of rotatable bonds is 2. The molecule has 0 radical (unpaired) electrons. The van der Waals surface area contributed by atoms with Crippen LogP contribution in [0.4, 0.5) is 10.1 Å². The van der Waals surface area contributed by atoms with E-state index in [0.717, 1.165) is 25.1 Å². The molecular weight excluding hydrogens is 275 g/mol. The third-order valence-corrected chi connectivity index (χ3v) is 5.09. The zero-order chi connectivity index (χ0) is 15.1. The van der Waals surface area contributed by atoms with Gasteiger partial charge in [0.05, 0.1) is 6.17 Å². The van der Waals surface area contributed by atoms with Crippen LogP contribution in [0.25, 0.3) is 0 Å². The molecule has 4 rings (SSSR count). The van der Waals surface area contributed by atoms with Crippen LogP contribution < -0.4 is 4.90 Å². The monoisotopic (exact) mass is 296 g/mol. The molecule has 0 aromatic heterocycles. The predicted octanol–water partition coefficient (Wildman–Crippen LogP) is 4.12. The van der Waals surface area contributed by atoms with E-state index in [4.69, 9.17) is 0 Å². The van der Waals surface area contributed by atoms with Gasteiger partial charge in [0.2, 0.25) is 0 Å². The lowest BCUT2D eigenvalue weighted by Gasteiger charge is -2.28. The van der Waals surface area contributed by atoms with Crippen LogP contribution in [-0.4, -0.2) is 24.2 Å². The molecule has 2 aliphatic heterocycles. The summed E-state index contributed by atoms with van der Waals surface area (Å²) in [4.78, 5) is 5.09. The van der Waals surface area contributed by atoms with Gasteiger partial charge >= 0.3 is 0 Å². The highest BCUT2D eigenvalue weighted by Crippen LogP contribution is 2.41. The van der Waals surface area contributed by atoms with Gasteiger partial charge in [0.15, 0.2) is 0 Å². The molecule has 3 heteroatoms. The first-order valence-electron chi connectivity index (χ1n) is 8.07. The minimum Gasteiger partial charge on any atom is -0.354 e. The van der Waals surface area contributed by atoms with Crippen molar-refractivity contribution in [3.05, 3.63) is 65.5 Å². The van der Waals surface area contributed by atoms with Crippen molar-refractivity contribution in [1.29, 1.82) is 0 Å². The molecule has 114 valence electrons. The van der Waals surface area contributed by atoms with E-state index in [-0.39, 0.29) is 5.82 Å². The molecule has 0 spiro atoms. The smallest absolute Gasteiger partial charge is 0.126 e. The van der Waals surface area contributed by atoms with Gasteiger partial charge in [-0.1, -0.05) is 30.3 Å². The quantitative estimate of drug-likeness (QED) is 0.822. The molecule has 2 heterocycles. The third-order valence-electron chi connectivity index (χ3n) is 5.09. The Kier molecular flexibility index (Phi) is 3.38. The van der Waals surface area contributed by atoms with Crippen LogP contribution >= 0.6 is 0 Å². The zero-order valence-electron chi connectivity index (χ0n) is 12.9. The lowest BCUT2D eigenvalue weighted by Crippen LogP contribution is -2.34. The number of hydrogen-bond donors (Lipinski definition) is 0. The van der Waals surface area contributed by atoms with Gasteiger partial charge in [-0.05, 0) is 49.1 Å². The van der Waals surface area contributed by atoms with Gasteiger partial charge in [0, 0.05) is 24.8 Å². The maximum Gasteiger partial charge on any atom is 0.126 e. The number of fused-ring (bicyclic) bond motifs is 1. The molecule has 22 heavy (non-hydrogen) atoms. The van der Waals surface area contributed by atoms with Crippen molar-refractivity contribution in [3.8, 4) is 0 Å². The van der Waals surface area contributed by atoms with Crippen molar-refractivity contribution >= 4 is 5.69 Å². The number of hydrogen-bond acceptors (Lipinski definition) is 2. The summed E-state index contributed by atoms with van der Waals surface area (Å²) in [5.74, 6) is -0.106. The minimum atomic E-state index is -0.106. The molecule has 2 unspecified atom stereocenters. The summed E-state index contributed by atoms with van der Waals surface area (Å²) in [6.07, 6.45) is 2.81. The van der Waals surface area contributed by atoms with Gasteiger partial charge in [0.1, 0.15) is 5.82 Å². The first-order chi connectivity index (χ1) is 10.7. The summed E-state index contributed by atoms with van der Waals surface area (Å²) in [5.41, 5.74) is 3.32. The highest BCUT2D eigenvalue weighted by molar-refractivity contribution is 5.48. The van der Waals surface area contributed by atoms with E-state index in [0.29, 0.717) is 12.2 Å². The van der Waals surface area contributed by atoms with E-state index in [9.17, 15) is 4.39 Å². The molecule has 0 saturated carbocycles. The molecule has 2 aromatic carbocycles. The van der Waals surface area contributed by atoms with E-state index in [2.05, 4.69) is 40.1 Å². The fraction of sp³-hybridized carbons (Fsp3) is 0.368. The summed E-state index contributed by atoms with van der Waals surface area (Å²) >= 11 is 0. The molecule has 2 fully saturated rings. The van der Waals surface area contributed by atoms with E-state index in [1.54, 1.807) is 6.07 Å². The van der Waals surface area contributed by atoms with Gasteiger partial charge in [-0.2, -0.15) is 0 Å². The average Bonchev–Trinajstić information content (AvgIpc) is 3.12. The largest absolute Gasteiger partial charge is 0.354 e. The Balaban J connectivity index is 1.59. The molecule has 0 bridgehead atoms. The predicted molar refractivity (Wildman–Crippen MR) is 87.4 cm³/mol. The van der Waals surface area contributed by atoms with Crippen LogP contribution in [0.3, 0.4) is 0 Å². The summed E-state index contributed by atoms with van der Waals surface area (Å²) in [6, 6.07) is 16.7. The van der Waals surface area contributed by atoms with E-state index >= 15 is 0 Å². The van der Waals surface area contributed by atoms with Crippen molar-refractivity contribution in [2.45, 2.75) is 32.0 Å². The molecule has 2 nitrogen and oxygen atoms in total. The summed E-state index contributed by atoms with van der Waals surface area (Å²) < 4.78 is 13.5.